The molecule has 0 spiro atoms. The standard InChI is InChI=1S/C16H32N2/c1-3-4-5-6-7-8-9-10-18-13-15-11-17-12-16(15)14(18)2/h14-17H,3-13H2,1-2H3. The van der Waals surface area contributed by atoms with E-state index in [1.54, 1.807) is 0 Å². The van der Waals surface area contributed by atoms with E-state index in [0.717, 1.165) is 17.9 Å². The second-order valence-electron chi connectivity index (χ2n) is 6.44. The molecular formula is C16H32N2. The monoisotopic (exact) mass is 252 g/mol. The molecule has 0 radical (unpaired) electrons. The smallest absolute Gasteiger partial charge is 0.0111 e. The predicted octanol–water partition coefficient (Wildman–Crippen LogP) is 3.28. The van der Waals surface area contributed by atoms with Gasteiger partial charge in [-0.25, -0.2) is 0 Å². The summed E-state index contributed by atoms with van der Waals surface area (Å²) in [4.78, 5) is 2.75. The molecule has 2 heteroatoms. The van der Waals surface area contributed by atoms with Crippen molar-refractivity contribution in [3.63, 3.8) is 0 Å². The molecule has 0 saturated carbocycles. The van der Waals surface area contributed by atoms with E-state index >= 15 is 0 Å². The molecular weight excluding hydrogens is 220 g/mol. The maximum Gasteiger partial charge on any atom is 0.0111 e. The SMILES string of the molecule is CCCCCCCCCN1CC2CNCC2C1C. The van der Waals surface area contributed by atoms with Gasteiger partial charge in [0.1, 0.15) is 0 Å². The van der Waals surface area contributed by atoms with Crippen molar-refractivity contribution in [1.82, 2.24) is 10.2 Å². The first-order chi connectivity index (χ1) is 8.83. The highest BCUT2D eigenvalue weighted by Crippen LogP contribution is 2.32. The van der Waals surface area contributed by atoms with Crippen LogP contribution in [-0.2, 0) is 0 Å². The van der Waals surface area contributed by atoms with Gasteiger partial charge in [0.2, 0.25) is 0 Å². The first-order valence-electron chi connectivity index (χ1n) is 8.27. The lowest BCUT2D eigenvalue weighted by Gasteiger charge is -2.24. The summed E-state index contributed by atoms with van der Waals surface area (Å²) < 4.78 is 0. The Morgan fingerprint density at radius 2 is 1.72 bits per heavy atom. The first kappa shape index (κ1) is 14.3. The van der Waals surface area contributed by atoms with Crippen LogP contribution in [0.4, 0.5) is 0 Å². The van der Waals surface area contributed by atoms with Crippen LogP contribution in [0.25, 0.3) is 0 Å². The van der Waals surface area contributed by atoms with E-state index in [4.69, 9.17) is 0 Å². The highest BCUT2D eigenvalue weighted by atomic mass is 15.2. The molecule has 1 N–H and O–H groups in total. The van der Waals surface area contributed by atoms with Gasteiger partial charge in [0.15, 0.2) is 0 Å². The highest BCUT2D eigenvalue weighted by molar-refractivity contribution is 4.96. The molecule has 2 aliphatic rings. The first-order valence-corrected chi connectivity index (χ1v) is 8.27. The molecule has 106 valence electrons. The lowest BCUT2D eigenvalue weighted by Crippen LogP contribution is -2.33. The molecule has 0 aromatic rings. The van der Waals surface area contributed by atoms with Crippen molar-refractivity contribution >= 4 is 0 Å². The molecule has 0 aliphatic carbocycles. The summed E-state index contributed by atoms with van der Waals surface area (Å²) in [6, 6.07) is 0.824. The summed E-state index contributed by atoms with van der Waals surface area (Å²) in [6.07, 6.45) is 10.0. The maximum atomic E-state index is 3.54. The summed E-state index contributed by atoms with van der Waals surface area (Å²) >= 11 is 0. The maximum absolute atomic E-state index is 3.54. The summed E-state index contributed by atoms with van der Waals surface area (Å²) in [7, 11) is 0. The summed E-state index contributed by atoms with van der Waals surface area (Å²) in [5.74, 6) is 1.89. The molecule has 18 heavy (non-hydrogen) atoms. The Kier molecular flexibility index (Phi) is 5.97. The van der Waals surface area contributed by atoms with E-state index in [0.29, 0.717) is 0 Å². The van der Waals surface area contributed by atoms with Crippen LogP contribution in [0.15, 0.2) is 0 Å². The number of unbranched alkanes of at least 4 members (excludes halogenated alkanes) is 6. The third-order valence-corrected chi connectivity index (χ3v) is 5.11. The zero-order valence-electron chi connectivity index (χ0n) is 12.5. The van der Waals surface area contributed by atoms with Gasteiger partial charge in [-0.2, -0.15) is 0 Å². The van der Waals surface area contributed by atoms with Crippen molar-refractivity contribution < 1.29 is 0 Å². The van der Waals surface area contributed by atoms with Gasteiger partial charge in [0, 0.05) is 12.6 Å². The van der Waals surface area contributed by atoms with Gasteiger partial charge in [0.05, 0.1) is 0 Å². The Hall–Kier alpha value is -0.0800. The Bertz CT molecular complexity index is 229. The minimum atomic E-state index is 0.824. The Labute approximate surface area is 114 Å². The van der Waals surface area contributed by atoms with Crippen molar-refractivity contribution in [2.75, 3.05) is 26.2 Å². The van der Waals surface area contributed by atoms with Crippen molar-refractivity contribution in [3.05, 3.63) is 0 Å². The third-order valence-electron chi connectivity index (χ3n) is 5.11. The van der Waals surface area contributed by atoms with Crippen LogP contribution in [0.2, 0.25) is 0 Å². The van der Waals surface area contributed by atoms with Crippen LogP contribution in [0.1, 0.15) is 58.8 Å². The number of rotatable bonds is 8. The molecule has 3 unspecified atom stereocenters. The molecule has 3 atom stereocenters. The number of likely N-dealkylation sites (tertiary alicyclic amines) is 1. The number of hydrogen-bond donors (Lipinski definition) is 1. The average Bonchev–Trinajstić information content (AvgIpc) is 2.93. The van der Waals surface area contributed by atoms with Crippen LogP contribution >= 0.6 is 0 Å². The van der Waals surface area contributed by atoms with E-state index in [1.807, 2.05) is 0 Å². The molecule has 0 bridgehead atoms. The molecule has 2 rings (SSSR count). The molecule has 2 heterocycles. The van der Waals surface area contributed by atoms with Crippen LogP contribution < -0.4 is 5.32 Å². The molecule has 2 fully saturated rings. The summed E-state index contributed by atoms with van der Waals surface area (Å²) in [5.41, 5.74) is 0. The fourth-order valence-electron chi connectivity index (χ4n) is 3.82. The zero-order chi connectivity index (χ0) is 12.8. The van der Waals surface area contributed by atoms with Crippen LogP contribution in [0, 0.1) is 11.8 Å². The molecule has 0 aromatic heterocycles. The normalized spacial score (nSPS) is 32.0. The molecule has 2 aliphatic heterocycles. The lowest BCUT2D eigenvalue weighted by molar-refractivity contribution is 0.234. The lowest BCUT2D eigenvalue weighted by atomic mass is 9.95. The van der Waals surface area contributed by atoms with Gasteiger partial charge >= 0.3 is 0 Å². The summed E-state index contributed by atoms with van der Waals surface area (Å²) in [5, 5.41) is 3.54. The number of hydrogen-bond acceptors (Lipinski definition) is 2. The molecule has 0 aromatic carbocycles. The van der Waals surface area contributed by atoms with E-state index in [9.17, 15) is 0 Å². The third kappa shape index (κ3) is 3.71. The quantitative estimate of drug-likeness (QED) is 0.667. The van der Waals surface area contributed by atoms with Gasteiger partial charge in [-0.05, 0) is 44.8 Å². The number of nitrogens with one attached hydrogen (secondary N) is 1. The van der Waals surface area contributed by atoms with Crippen LogP contribution in [0.3, 0.4) is 0 Å². The van der Waals surface area contributed by atoms with Gasteiger partial charge in [-0.3, -0.25) is 4.90 Å². The number of fused-ring (bicyclic) bond motifs is 1. The second kappa shape index (κ2) is 7.49. The minimum absolute atomic E-state index is 0.824. The summed E-state index contributed by atoms with van der Waals surface area (Å²) in [6.45, 7) is 9.97. The fourth-order valence-corrected chi connectivity index (χ4v) is 3.82. The Morgan fingerprint density at radius 3 is 2.44 bits per heavy atom. The van der Waals surface area contributed by atoms with E-state index in [2.05, 4.69) is 24.1 Å². The van der Waals surface area contributed by atoms with Crippen LogP contribution in [0.5, 0.6) is 0 Å². The highest BCUT2D eigenvalue weighted by Gasteiger charge is 2.41. The molecule has 0 amide bonds. The topological polar surface area (TPSA) is 15.3 Å². The van der Waals surface area contributed by atoms with Crippen molar-refractivity contribution in [1.29, 1.82) is 0 Å². The van der Waals surface area contributed by atoms with Gasteiger partial charge in [0.25, 0.3) is 0 Å². The van der Waals surface area contributed by atoms with Gasteiger partial charge in [-0.1, -0.05) is 45.4 Å². The Balaban J connectivity index is 1.52. The Morgan fingerprint density at radius 1 is 1.00 bits per heavy atom. The van der Waals surface area contributed by atoms with E-state index in [-0.39, 0.29) is 0 Å². The zero-order valence-corrected chi connectivity index (χ0v) is 12.5. The largest absolute Gasteiger partial charge is 0.316 e. The van der Waals surface area contributed by atoms with Crippen molar-refractivity contribution in [2.24, 2.45) is 11.8 Å². The van der Waals surface area contributed by atoms with E-state index < -0.39 is 0 Å². The van der Waals surface area contributed by atoms with Gasteiger partial charge < -0.3 is 5.32 Å². The van der Waals surface area contributed by atoms with Crippen LogP contribution in [-0.4, -0.2) is 37.1 Å². The molecule has 2 saturated heterocycles. The van der Waals surface area contributed by atoms with E-state index in [1.165, 1.54) is 71.1 Å². The minimum Gasteiger partial charge on any atom is -0.316 e. The van der Waals surface area contributed by atoms with Crippen molar-refractivity contribution in [2.45, 2.75) is 64.8 Å². The second-order valence-corrected chi connectivity index (χ2v) is 6.44. The fraction of sp³-hybridized carbons (Fsp3) is 1.00. The average molecular weight is 252 g/mol. The molecule has 2 nitrogen and oxygen atoms in total. The van der Waals surface area contributed by atoms with Crippen molar-refractivity contribution in [3.8, 4) is 0 Å². The predicted molar refractivity (Wildman–Crippen MR) is 78.9 cm³/mol. The van der Waals surface area contributed by atoms with Gasteiger partial charge in [-0.15, -0.1) is 0 Å². The number of nitrogens with zero attached hydrogens (tertiary/aromatic N) is 1.